The average Bonchev–Trinajstić information content (AvgIpc) is 2.62. The molecule has 0 radical (unpaired) electrons. The normalized spacial score (nSPS) is 12.9. The van der Waals surface area contributed by atoms with Crippen molar-refractivity contribution in [1.29, 1.82) is 0 Å². The van der Waals surface area contributed by atoms with Crippen LogP contribution in [0.4, 0.5) is 0 Å². The van der Waals surface area contributed by atoms with Gasteiger partial charge < -0.3 is 17.1 Å². The Kier molecular flexibility index (Phi) is 13.2. The van der Waals surface area contributed by atoms with Gasteiger partial charge in [-0.25, -0.2) is 0 Å². The molecule has 3 heteroatoms. The predicted molar refractivity (Wildman–Crippen MR) is 56.7 cm³/mol. The smallest absolute Gasteiger partial charge is 1.00 e. The molecule has 1 nitrogen and oxygen atoms in total. The van der Waals surface area contributed by atoms with Crippen molar-refractivity contribution in [1.82, 2.24) is 0 Å². The SMILES string of the molecule is C1CCOC1.[CH2-]c1ccccc1.[Cl-].[Mg+2]. The maximum Gasteiger partial charge on any atom is 2.00 e. The first-order valence-corrected chi connectivity index (χ1v) is 4.34. The summed E-state index contributed by atoms with van der Waals surface area (Å²) in [5, 5.41) is 0. The molecule has 0 atom stereocenters. The van der Waals surface area contributed by atoms with Gasteiger partial charge in [0.25, 0.3) is 0 Å². The van der Waals surface area contributed by atoms with Crippen LogP contribution in [-0.4, -0.2) is 36.3 Å². The van der Waals surface area contributed by atoms with E-state index in [9.17, 15) is 0 Å². The summed E-state index contributed by atoms with van der Waals surface area (Å²) in [6.07, 6.45) is 2.56. The van der Waals surface area contributed by atoms with Gasteiger partial charge in [-0.3, -0.25) is 0 Å². The second kappa shape index (κ2) is 11.2. The van der Waals surface area contributed by atoms with Crippen LogP contribution in [0.2, 0.25) is 0 Å². The summed E-state index contributed by atoms with van der Waals surface area (Å²) < 4.78 is 4.94. The van der Waals surface area contributed by atoms with Gasteiger partial charge in [0.15, 0.2) is 0 Å². The van der Waals surface area contributed by atoms with E-state index in [2.05, 4.69) is 6.92 Å². The maximum absolute atomic E-state index is 4.94. The van der Waals surface area contributed by atoms with Gasteiger partial charge in [0.2, 0.25) is 0 Å². The maximum atomic E-state index is 4.94. The van der Waals surface area contributed by atoms with Gasteiger partial charge in [0.05, 0.1) is 0 Å². The Hall–Kier alpha value is 0.106. The van der Waals surface area contributed by atoms with Crippen LogP contribution in [0.3, 0.4) is 0 Å². The van der Waals surface area contributed by atoms with Gasteiger partial charge >= 0.3 is 23.1 Å². The zero-order valence-electron chi connectivity index (χ0n) is 8.42. The largest absolute Gasteiger partial charge is 2.00 e. The van der Waals surface area contributed by atoms with Gasteiger partial charge in [-0.1, -0.05) is 6.07 Å². The van der Waals surface area contributed by atoms with Crippen molar-refractivity contribution >= 4 is 23.1 Å². The molecule has 0 N–H and O–H groups in total. The summed E-state index contributed by atoms with van der Waals surface area (Å²) in [6.45, 7) is 5.72. The number of hydrogen-bond acceptors (Lipinski definition) is 1. The third-order valence-electron chi connectivity index (χ3n) is 1.67. The van der Waals surface area contributed by atoms with E-state index in [0.717, 1.165) is 18.8 Å². The number of hydrogen-bond donors (Lipinski definition) is 0. The van der Waals surface area contributed by atoms with Crippen molar-refractivity contribution in [2.24, 2.45) is 0 Å². The first-order chi connectivity index (χ1) is 5.89. The molecule has 0 unspecified atom stereocenters. The molecule has 0 aromatic heterocycles. The molecule has 0 saturated carbocycles. The fourth-order valence-corrected chi connectivity index (χ4v) is 0.988. The molecule has 1 heterocycles. The fraction of sp³-hybridized carbons (Fsp3) is 0.364. The van der Waals surface area contributed by atoms with E-state index in [4.69, 9.17) is 4.74 Å². The molecule has 0 spiro atoms. The van der Waals surface area contributed by atoms with Crippen molar-refractivity contribution in [2.75, 3.05) is 13.2 Å². The molecule has 14 heavy (non-hydrogen) atoms. The second-order valence-corrected chi connectivity index (χ2v) is 2.81. The molecule has 0 amide bonds. The summed E-state index contributed by atoms with van der Waals surface area (Å²) in [4.78, 5) is 0. The molecule has 1 aromatic carbocycles. The van der Waals surface area contributed by atoms with Crippen LogP contribution in [0.15, 0.2) is 30.3 Å². The Morgan fingerprint density at radius 1 is 1.00 bits per heavy atom. The van der Waals surface area contributed by atoms with Crippen molar-refractivity contribution < 1.29 is 17.1 Å². The average molecular weight is 223 g/mol. The number of rotatable bonds is 0. The third-order valence-corrected chi connectivity index (χ3v) is 1.67. The standard InChI is InChI=1S/C7H7.C4H8O.ClH.Mg/c1-7-5-3-2-4-6-7;1-2-4-5-3-1;;/h2-6H,1H2;1-4H2;1H;/q-1;;;+2/p-1. The van der Waals surface area contributed by atoms with Crippen LogP contribution < -0.4 is 12.4 Å². The Morgan fingerprint density at radius 3 is 1.71 bits per heavy atom. The zero-order valence-corrected chi connectivity index (χ0v) is 10.6. The monoisotopic (exact) mass is 222 g/mol. The van der Waals surface area contributed by atoms with Crippen molar-refractivity contribution in [3.05, 3.63) is 42.8 Å². The van der Waals surface area contributed by atoms with E-state index in [0.29, 0.717) is 0 Å². The van der Waals surface area contributed by atoms with Gasteiger partial charge in [-0.2, -0.15) is 24.6 Å². The first kappa shape index (κ1) is 16.5. The summed E-state index contributed by atoms with van der Waals surface area (Å²) in [5.41, 5.74) is 1.07. The van der Waals surface area contributed by atoms with Gasteiger partial charge in [0, 0.05) is 13.2 Å². The Morgan fingerprint density at radius 2 is 1.50 bits per heavy atom. The van der Waals surface area contributed by atoms with E-state index in [1.807, 2.05) is 30.3 Å². The molecule has 2 rings (SSSR count). The minimum Gasteiger partial charge on any atom is -1.00 e. The molecule has 1 saturated heterocycles. The van der Waals surface area contributed by atoms with Crippen LogP contribution >= 0.6 is 0 Å². The Labute approximate surface area is 109 Å². The zero-order chi connectivity index (χ0) is 8.65. The topological polar surface area (TPSA) is 9.23 Å². The molecule has 1 aliphatic heterocycles. The van der Waals surface area contributed by atoms with E-state index >= 15 is 0 Å². The summed E-state index contributed by atoms with van der Waals surface area (Å²) >= 11 is 0. The van der Waals surface area contributed by atoms with E-state index in [1.165, 1.54) is 12.8 Å². The molecule has 1 aliphatic rings. The van der Waals surface area contributed by atoms with Gasteiger partial charge in [-0.05, 0) is 12.8 Å². The van der Waals surface area contributed by atoms with Crippen molar-refractivity contribution in [3.8, 4) is 0 Å². The second-order valence-electron chi connectivity index (χ2n) is 2.81. The van der Waals surface area contributed by atoms with E-state index in [1.54, 1.807) is 0 Å². The van der Waals surface area contributed by atoms with Gasteiger partial charge in [-0.15, -0.1) is 12.1 Å². The predicted octanol–water partition coefficient (Wildman–Crippen LogP) is -0.711. The van der Waals surface area contributed by atoms with Crippen molar-refractivity contribution in [2.45, 2.75) is 12.8 Å². The third kappa shape index (κ3) is 8.69. The first-order valence-electron chi connectivity index (χ1n) is 4.34. The van der Waals surface area contributed by atoms with Gasteiger partial charge in [0.1, 0.15) is 0 Å². The Bertz CT molecular complexity index is 192. The summed E-state index contributed by atoms with van der Waals surface area (Å²) in [5.74, 6) is 0. The minimum absolute atomic E-state index is 0. The molecule has 1 aromatic rings. The number of halogens is 1. The summed E-state index contributed by atoms with van der Waals surface area (Å²) in [6, 6.07) is 9.87. The quantitative estimate of drug-likeness (QED) is 0.417. The molecular weight excluding hydrogens is 208 g/mol. The molecular formula is C11H15ClMgO. The summed E-state index contributed by atoms with van der Waals surface area (Å²) in [7, 11) is 0. The van der Waals surface area contributed by atoms with Crippen LogP contribution in [0, 0.1) is 6.92 Å². The Balaban J connectivity index is 0. The van der Waals surface area contributed by atoms with Crippen LogP contribution in [-0.2, 0) is 4.74 Å². The molecule has 0 aliphatic carbocycles. The van der Waals surface area contributed by atoms with Crippen LogP contribution in [0.1, 0.15) is 18.4 Å². The van der Waals surface area contributed by atoms with E-state index in [-0.39, 0.29) is 35.5 Å². The molecule has 74 valence electrons. The minimum atomic E-state index is 0. The molecule has 1 fully saturated rings. The van der Waals surface area contributed by atoms with Crippen LogP contribution in [0.5, 0.6) is 0 Å². The molecule has 0 bridgehead atoms. The fourth-order valence-electron chi connectivity index (χ4n) is 0.988. The van der Waals surface area contributed by atoms with E-state index < -0.39 is 0 Å². The van der Waals surface area contributed by atoms with Crippen molar-refractivity contribution in [3.63, 3.8) is 0 Å². The number of benzene rings is 1. The van der Waals surface area contributed by atoms with Crippen LogP contribution in [0.25, 0.3) is 0 Å². The number of ether oxygens (including phenoxy) is 1.